The average molecular weight is 446 g/mol. The summed E-state index contributed by atoms with van der Waals surface area (Å²) >= 11 is 0. The van der Waals surface area contributed by atoms with Crippen molar-refractivity contribution in [1.82, 2.24) is 4.31 Å². The molecule has 1 amide bonds. The van der Waals surface area contributed by atoms with Gasteiger partial charge in [-0.05, 0) is 57.0 Å². The summed E-state index contributed by atoms with van der Waals surface area (Å²) in [4.78, 5) is 14.8. The lowest BCUT2D eigenvalue weighted by atomic mass is 10.2. The van der Waals surface area contributed by atoms with Crippen molar-refractivity contribution in [2.75, 3.05) is 37.4 Å². The van der Waals surface area contributed by atoms with E-state index in [0.717, 1.165) is 24.8 Å². The standard InChI is InChI=1S/C23H31N3O4S/c1-17-8-10-19(11-9-17)30-18(2)23(27)24-21-16-20(12-13-22(21)25(3)4)31(28,29)26-14-6-5-7-15-26/h8-13,16,18H,5-7,14-15H2,1-4H3,(H,24,27). The number of benzene rings is 2. The van der Waals surface area contributed by atoms with Crippen molar-refractivity contribution in [1.29, 1.82) is 0 Å². The number of anilines is 2. The quantitative estimate of drug-likeness (QED) is 0.704. The largest absolute Gasteiger partial charge is 0.481 e. The second-order valence-electron chi connectivity index (χ2n) is 8.10. The number of nitrogens with zero attached hydrogens (tertiary/aromatic N) is 2. The number of sulfonamides is 1. The number of hydrogen-bond acceptors (Lipinski definition) is 5. The zero-order chi connectivity index (χ0) is 22.6. The van der Waals surface area contributed by atoms with Gasteiger partial charge in [-0.15, -0.1) is 0 Å². The molecule has 0 aliphatic carbocycles. The number of carbonyl (C=O) groups excluding carboxylic acids is 1. The maximum absolute atomic E-state index is 13.1. The molecule has 0 aromatic heterocycles. The Labute approximate surface area is 185 Å². The molecule has 0 spiro atoms. The van der Waals surface area contributed by atoms with E-state index in [9.17, 15) is 13.2 Å². The fourth-order valence-corrected chi connectivity index (χ4v) is 5.07. The van der Waals surface area contributed by atoms with Crippen molar-refractivity contribution in [3.05, 3.63) is 48.0 Å². The van der Waals surface area contributed by atoms with Crippen molar-refractivity contribution in [3.63, 3.8) is 0 Å². The molecule has 2 aromatic carbocycles. The molecular weight excluding hydrogens is 414 g/mol. The first kappa shape index (κ1) is 23.1. The molecule has 1 unspecified atom stereocenters. The number of amides is 1. The highest BCUT2D eigenvalue weighted by Gasteiger charge is 2.27. The fraction of sp³-hybridized carbons (Fsp3) is 0.435. The van der Waals surface area contributed by atoms with Gasteiger partial charge in [0.05, 0.1) is 16.3 Å². The average Bonchev–Trinajstić information content (AvgIpc) is 2.75. The van der Waals surface area contributed by atoms with Crippen LogP contribution >= 0.6 is 0 Å². The molecule has 2 aromatic rings. The number of hydrogen-bond donors (Lipinski definition) is 1. The minimum Gasteiger partial charge on any atom is -0.481 e. The number of nitrogens with one attached hydrogen (secondary N) is 1. The Morgan fingerprint density at radius 2 is 1.71 bits per heavy atom. The third kappa shape index (κ3) is 5.57. The molecule has 1 heterocycles. The van der Waals surface area contributed by atoms with Crippen LogP contribution in [0, 0.1) is 6.92 Å². The van der Waals surface area contributed by atoms with Gasteiger partial charge in [0.15, 0.2) is 6.10 Å². The monoisotopic (exact) mass is 445 g/mol. The second kappa shape index (κ2) is 9.70. The first-order chi connectivity index (χ1) is 14.7. The summed E-state index contributed by atoms with van der Waals surface area (Å²) in [5.41, 5.74) is 2.26. The van der Waals surface area contributed by atoms with Gasteiger partial charge in [0.1, 0.15) is 5.75 Å². The van der Waals surface area contributed by atoms with Gasteiger partial charge in [-0.25, -0.2) is 8.42 Å². The lowest BCUT2D eigenvalue weighted by Gasteiger charge is -2.27. The predicted octanol–water partition coefficient (Wildman–Crippen LogP) is 3.64. The van der Waals surface area contributed by atoms with Crippen molar-refractivity contribution in [2.24, 2.45) is 0 Å². The summed E-state index contributed by atoms with van der Waals surface area (Å²) in [5, 5.41) is 2.85. The van der Waals surface area contributed by atoms with Gasteiger partial charge in [-0.1, -0.05) is 24.1 Å². The fourth-order valence-electron chi connectivity index (χ4n) is 3.53. The molecule has 1 N–H and O–H groups in total. The lowest BCUT2D eigenvalue weighted by Crippen LogP contribution is -2.35. The second-order valence-corrected chi connectivity index (χ2v) is 10.0. The Kier molecular flexibility index (Phi) is 7.23. The Morgan fingerprint density at radius 1 is 1.06 bits per heavy atom. The zero-order valence-corrected chi connectivity index (χ0v) is 19.4. The number of carbonyl (C=O) groups is 1. The van der Waals surface area contributed by atoms with E-state index in [1.54, 1.807) is 19.1 Å². The van der Waals surface area contributed by atoms with Crippen LogP contribution < -0.4 is 15.0 Å². The van der Waals surface area contributed by atoms with Crippen LogP contribution in [0.3, 0.4) is 0 Å². The van der Waals surface area contributed by atoms with Crippen LogP contribution in [-0.2, 0) is 14.8 Å². The molecule has 31 heavy (non-hydrogen) atoms. The van der Waals surface area contributed by atoms with Gasteiger partial charge in [0, 0.05) is 27.2 Å². The first-order valence-electron chi connectivity index (χ1n) is 10.5. The molecule has 0 radical (unpaired) electrons. The predicted molar refractivity (Wildman–Crippen MR) is 123 cm³/mol. The van der Waals surface area contributed by atoms with Crippen LogP contribution in [0.2, 0.25) is 0 Å². The Morgan fingerprint density at radius 3 is 2.32 bits per heavy atom. The molecule has 7 nitrogen and oxygen atoms in total. The Bertz CT molecular complexity index is 1010. The van der Waals surface area contributed by atoms with Crippen molar-refractivity contribution in [3.8, 4) is 5.75 Å². The summed E-state index contributed by atoms with van der Waals surface area (Å²) < 4.78 is 33.4. The normalized spacial score (nSPS) is 15.9. The van der Waals surface area contributed by atoms with Gasteiger partial charge >= 0.3 is 0 Å². The number of aryl methyl sites for hydroxylation is 1. The van der Waals surface area contributed by atoms with Crippen LogP contribution in [0.4, 0.5) is 11.4 Å². The summed E-state index contributed by atoms with van der Waals surface area (Å²) in [6.45, 7) is 4.70. The van der Waals surface area contributed by atoms with Crippen LogP contribution in [-0.4, -0.2) is 51.9 Å². The minimum absolute atomic E-state index is 0.183. The third-order valence-corrected chi connectivity index (χ3v) is 7.26. The van der Waals surface area contributed by atoms with Gasteiger partial charge in [-0.3, -0.25) is 4.79 Å². The highest BCUT2D eigenvalue weighted by atomic mass is 32.2. The van der Waals surface area contributed by atoms with E-state index < -0.39 is 16.1 Å². The van der Waals surface area contributed by atoms with E-state index in [1.807, 2.05) is 50.2 Å². The molecular formula is C23H31N3O4S. The van der Waals surface area contributed by atoms with Gasteiger partial charge in [-0.2, -0.15) is 4.31 Å². The molecule has 8 heteroatoms. The van der Waals surface area contributed by atoms with Crippen LogP contribution in [0.5, 0.6) is 5.75 Å². The molecule has 1 fully saturated rings. The summed E-state index contributed by atoms with van der Waals surface area (Å²) in [6.07, 6.45) is 2.03. The Hall–Kier alpha value is -2.58. The molecule has 1 saturated heterocycles. The maximum Gasteiger partial charge on any atom is 0.265 e. The molecule has 1 aliphatic heterocycles. The van der Waals surface area contributed by atoms with E-state index >= 15 is 0 Å². The maximum atomic E-state index is 13.1. The topological polar surface area (TPSA) is 78.9 Å². The Balaban J connectivity index is 1.82. The highest BCUT2D eigenvalue weighted by Crippen LogP contribution is 2.30. The van der Waals surface area contributed by atoms with E-state index in [4.69, 9.17) is 4.74 Å². The molecule has 1 atom stereocenters. The van der Waals surface area contributed by atoms with Gasteiger partial charge in [0.2, 0.25) is 10.0 Å². The number of piperidine rings is 1. The van der Waals surface area contributed by atoms with E-state index in [2.05, 4.69) is 5.32 Å². The molecule has 0 saturated carbocycles. The number of ether oxygens (including phenoxy) is 1. The highest BCUT2D eigenvalue weighted by molar-refractivity contribution is 7.89. The van der Waals surface area contributed by atoms with Crippen LogP contribution in [0.15, 0.2) is 47.4 Å². The molecule has 0 bridgehead atoms. The van der Waals surface area contributed by atoms with Gasteiger partial charge < -0.3 is 15.0 Å². The van der Waals surface area contributed by atoms with Gasteiger partial charge in [0.25, 0.3) is 5.91 Å². The van der Waals surface area contributed by atoms with E-state index in [0.29, 0.717) is 30.2 Å². The van der Waals surface area contributed by atoms with Crippen LogP contribution in [0.1, 0.15) is 31.7 Å². The number of rotatable bonds is 7. The lowest BCUT2D eigenvalue weighted by molar-refractivity contribution is -0.122. The molecule has 3 rings (SSSR count). The SMILES string of the molecule is Cc1ccc(OC(C)C(=O)Nc2cc(S(=O)(=O)N3CCCCC3)ccc2N(C)C)cc1. The summed E-state index contributed by atoms with van der Waals surface area (Å²) in [5.74, 6) is 0.249. The summed E-state index contributed by atoms with van der Waals surface area (Å²) in [7, 11) is 0.0832. The third-order valence-electron chi connectivity index (χ3n) is 5.36. The van der Waals surface area contributed by atoms with Crippen molar-refractivity contribution < 1.29 is 17.9 Å². The smallest absolute Gasteiger partial charge is 0.265 e. The van der Waals surface area contributed by atoms with Crippen LogP contribution in [0.25, 0.3) is 0 Å². The minimum atomic E-state index is -3.60. The zero-order valence-electron chi connectivity index (χ0n) is 18.6. The van der Waals surface area contributed by atoms with Crippen molar-refractivity contribution >= 4 is 27.3 Å². The molecule has 168 valence electrons. The first-order valence-corrected chi connectivity index (χ1v) is 12.0. The summed E-state index contributed by atoms with van der Waals surface area (Å²) in [6, 6.07) is 12.3. The van der Waals surface area contributed by atoms with E-state index in [-0.39, 0.29) is 10.8 Å². The molecule has 1 aliphatic rings. The van der Waals surface area contributed by atoms with E-state index in [1.165, 1.54) is 10.4 Å². The van der Waals surface area contributed by atoms with Crippen molar-refractivity contribution in [2.45, 2.75) is 44.1 Å².